The highest BCUT2D eigenvalue weighted by Gasteiger charge is 2.16. The number of carbonyl (C=O) groups excluding carboxylic acids is 1. The molecule has 0 saturated carbocycles. The number of furan rings is 1. The summed E-state index contributed by atoms with van der Waals surface area (Å²) in [4.78, 5) is 11.3. The lowest BCUT2D eigenvalue weighted by Crippen LogP contribution is -2.20. The van der Waals surface area contributed by atoms with Crippen LogP contribution in [0.25, 0.3) is 0 Å². The highest BCUT2D eigenvalue weighted by atomic mass is 16.5. The Morgan fingerprint density at radius 2 is 1.89 bits per heavy atom. The summed E-state index contributed by atoms with van der Waals surface area (Å²) in [6, 6.07) is 7.42. The molecule has 0 fully saturated rings. The van der Waals surface area contributed by atoms with Gasteiger partial charge in [-0.05, 0) is 45.0 Å². The lowest BCUT2D eigenvalue weighted by molar-refractivity contribution is 0.0562. The molecule has 2 aromatic heterocycles. The highest BCUT2D eigenvalue weighted by molar-refractivity contribution is 5.86. The highest BCUT2D eigenvalue weighted by Crippen LogP contribution is 2.19. The second-order valence-corrected chi connectivity index (χ2v) is 4.50. The first kappa shape index (κ1) is 13.3. The van der Waals surface area contributed by atoms with Crippen LogP contribution in [0.15, 0.2) is 28.7 Å². The van der Waals surface area contributed by atoms with Crippen molar-refractivity contribution in [3.05, 3.63) is 47.2 Å². The van der Waals surface area contributed by atoms with E-state index in [1.807, 2.05) is 37.6 Å². The van der Waals surface area contributed by atoms with Gasteiger partial charge in [0.15, 0.2) is 0 Å². The summed E-state index contributed by atoms with van der Waals surface area (Å²) < 4.78 is 12.1. The second kappa shape index (κ2) is 5.22. The average Bonchev–Trinajstić information content (AvgIpc) is 3.00. The van der Waals surface area contributed by atoms with E-state index in [2.05, 4.69) is 10.2 Å². The lowest BCUT2D eigenvalue weighted by atomic mass is 10.3. The summed E-state index contributed by atoms with van der Waals surface area (Å²) in [6.45, 7) is 6.02. The molecule has 0 amide bonds. The molecular weight excluding hydrogens is 244 g/mol. The van der Waals surface area contributed by atoms with E-state index in [-0.39, 0.29) is 11.8 Å². The monoisotopic (exact) mass is 262 g/mol. The van der Waals surface area contributed by atoms with Crippen molar-refractivity contribution in [3.63, 3.8) is 0 Å². The number of nitrogens with zero attached hydrogens (tertiary/aromatic N) is 1. The summed E-state index contributed by atoms with van der Waals surface area (Å²) in [7, 11) is 1.33. The van der Waals surface area contributed by atoms with E-state index in [0.29, 0.717) is 5.76 Å². The molecule has 1 unspecified atom stereocenters. The van der Waals surface area contributed by atoms with Crippen molar-refractivity contribution >= 4 is 5.97 Å². The number of carbonyl (C=O) groups is 1. The van der Waals surface area contributed by atoms with Gasteiger partial charge in [-0.15, -0.1) is 0 Å². The molecule has 0 aliphatic heterocycles. The van der Waals surface area contributed by atoms with Crippen LogP contribution in [0.5, 0.6) is 0 Å². The van der Waals surface area contributed by atoms with Crippen LogP contribution in [0, 0.1) is 13.8 Å². The zero-order valence-electron chi connectivity index (χ0n) is 11.6. The summed E-state index contributed by atoms with van der Waals surface area (Å²) in [5.74, 6) is 0.437. The third-order valence-electron chi connectivity index (χ3n) is 3.03. The van der Waals surface area contributed by atoms with Gasteiger partial charge in [0.05, 0.1) is 13.2 Å². The number of ether oxygens (including phenoxy) is 1. The number of hydrogen-bond donors (Lipinski definition) is 1. The molecular formula is C14H18N2O3. The fourth-order valence-corrected chi connectivity index (χ4v) is 1.93. The molecule has 0 aromatic carbocycles. The van der Waals surface area contributed by atoms with E-state index < -0.39 is 5.97 Å². The molecule has 2 aromatic rings. The van der Waals surface area contributed by atoms with Gasteiger partial charge in [0.1, 0.15) is 5.76 Å². The number of aromatic nitrogens is 1. The standard InChI is InChI=1S/C14H18N2O3/c1-9-5-6-10(2)16(9)15-11(3)12-7-8-13(19-12)14(17)18-4/h5-8,11,15H,1-4H3. The van der Waals surface area contributed by atoms with Crippen molar-refractivity contribution in [2.45, 2.75) is 26.8 Å². The lowest BCUT2D eigenvalue weighted by Gasteiger charge is -2.17. The van der Waals surface area contributed by atoms with Crippen LogP contribution in [-0.2, 0) is 4.74 Å². The second-order valence-electron chi connectivity index (χ2n) is 4.50. The maximum absolute atomic E-state index is 11.3. The Kier molecular flexibility index (Phi) is 3.64. The molecule has 0 aliphatic carbocycles. The van der Waals surface area contributed by atoms with Crippen molar-refractivity contribution in [2.75, 3.05) is 12.5 Å². The first-order valence-electron chi connectivity index (χ1n) is 6.12. The molecule has 1 atom stereocenters. The predicted octanol–water partition coefficient (Wildman–Crippen LogP) is 2.79. The van der Waals surface area contributed by atoms with Crippen molar-refractivity contribution in [1.29, 1.82) is 0 Å². The number of rotatable bonds is 4. The summed E-state index contributed by atoms with van der Waals surface area (Å²) >= 11 is 0. The van der Waals surface area contributed by atoms with Gasteiger partial charge in [-0.3, -0.25) is 4.68 Å². The number of esters is 1. The van der Waals surface area contributed by atoms with Gasteiger partial charge < -0.3 is 14.6 Å². The minimum Gasteiger partial charge on any atom is -0.463 e. The number of nitrogens with one attached hydrogen (secondary N) is 1. The van der Waals surface area contributed by atoms with Crippen LogP contribution >= 0.6 is 0 Å². The molecule has 0 aliphatic rings. The molecule has 5 nitrogen and oxygen atoms in total. The largest absolute Gasteiger partial charge is 0.463 e. The SMILES string of the molecule is COC(=O)c1ccc(C(C)Nn2c(C)ccc2C)o1. The molecule has 19 heavy (non-hydrogen) atoms. The first-order valence-corrected chi connectivity index (χ1v) is 6.12. The van der Waals surface area contributed by atoms with Crippen LogP contribution in [0.2, 0.25) is 0 Å². The Hall–Kier alpha value is -2.17. The maximum Gasteiger partial charge on any atom is 0.373 e. The van der Waals surface area contributed by atoms with E-state index in [1.165, 1.54) is 7.11 Å². The minimum atomic E-state index is -0.466. The molecule has 0 radical (unpaired) electrons. The van der Waals surface area contributed by atoms with E-state index >= 15 is 0 Å². The normalized spacial score (nSPS) is 12.2. The molecule has 102 valence electrons. The van der Waals surface area contributed by atoms with Crippen molar-refractivity contribution < 1.29 is 13.9 Å². The van der Waals surface area contributed by atoms with Gasteiger partial charge in [0.2, 0.25) is 5.76 Å². The van der Waals surface area contributed by atoms with Crippen LogP contribution in [0.3, 0.4) is 0 Å². The average molecular weight is 262 g/mol. The van der Waals surface area contributed by atoms with E-state index in [1.54, 1.807) is 12.1 Å². The Bertz CT molecular complexity index is 564. The zero-order chi connectivity index (χ0) is 14.0. The van der Waals surface area contributed by atoms with Gasteiger partial charge in [0.25, 0.3) is 0 Å². The van der Waals surface area contributed by atoms with Crippen LogP contribution < -0.4 is 5.43 Å². The Morgan fingerprint density at radius 1 is 1.26 bits per heavy atom. The van der Waals surface area contributed by atoms with Crippen LogP contribution in [-0.4, -0.2) is 17.8 Å². The quantitative estimate of drug-likeness (QED) is 0.861. The number of aryl methyl sites for hydroxylation is 2. The predicted molar refractivity (Wildman–Crippen MR) is 71.7 cm³/mol. The van der Waals surface area contributed by atoms with Gasteiger partial charge >= 0.3 is 5.97 Å². The van der Waals surface area contributed by atoms with Crippen molar-refractivity contribution in [3.8, 4) is 0 Å². The molecule has 0 bridgehead atoms. The van der Waals surface area contributed by atoms with Gasteiger partial charge in [-0.1, -0.05) is 0 Å². The summed E-state index contributed by atoms with van der Waals surface area (Å²) in [5, 5.41) is 0. The van der Waals surface area contributed by atoms with E-state index in [4.69, 9.17) is 4.42 Å². The maximum atomic E-state index is 11.3. The first-order chi connectivity index (χ1) is 9.02. The summed E-state index contributed by atoms with van der Waals surface area (Å²) in [6.07, 6.45) is 0. The molecule has 5 heteroatoms. The molecule has 0 saturated heterocycles. The third kappa shape index (κ3) is 2.65. The minimum absolute atomic E-state index is 0.0526. The molecule has 0 spiro atoms. The van der Waals surface area contributed by atoms with E-state index in [9.17, 15) is 4.79 Å². The van der Waals surface area contributed by atoms with Crippen molar-refractivity contribution in [2.24, 2.45) is 0 Å². The summed E-state index contributed by atoms with van der Waals surface area (Å²) in [5.41, 5.74) is 5.55. The number of methoxy groups -OCH3 is 1. The molecule has 1 N–H and O–H groups in total. The fourth-order valence-electron chi connectivity index (χ4n) is 1.93. The Balaban J connectivity index is 2.14. The molecule has 2 rings (SSSR count). The van der Waals surface area contributed by atoms with Crippen molar-refractivity contribution in [1.82, 2.24) is 4.68 Å². The smallest absolute Gasteiger partial charge is 0.373 e. The Morgan fingerprint density at radius 3 is 2.47 bits per heavy atom. The number of hydrogen-bond acceptors (Lipinski definition) is 4. The van der Waals surface area contributed by atoms with Gasteiger partial charge in [-0.2, -0.15) is 0 Å². The van der Waals surface area contributed by atoms with E-state index in [0.717, 1.165) is 11.4 Å². The molecule has 2 heterocycles. The fraction of sp³-hybridized carbons (Fsp3) is 0.357. The third-order valence-corrected chi connectivity index (χ3v) is 3.03. The van der Waals surface area contributed by atoms with Gasteiger partial charge in [-0.25, -0.2) is 4.79 Å². The topological polar surface area (TPSA) is 56.4 Å². The van der Waals surface area contributed by atoms with Crippen LogP contribution in [0.4, 0.5) is 0 Å². The Labute approximate surface area is 112 Å². The van der Waals surface area contributed by atoms with Crippen LogP contribution in [0.1, 0.15) is 40.7 Å². The zero-order valence-corrected chi connectivity index (χ0v) is 11.6. The van der Waals surface area contributed by atoms with Gasteiger partial charge in [0, 0.05) is 11.4 Å².